The van der Waals surface area contributed by atoms with Crippen molar-refractivity contribution in [3.63, 3.8) is 0 Å². The Morgan fingerprint density at radius 1 is 1.29 bits per heavy atom. The summed E-state index contributed by atoms with van der Waals surface area (Å²) < 4.78 is 26.1. The fourth-order valence-corrected chi connectivity index (χ4v) is 1.37. The Kier molecular flexibility index (Phi) is 4.39. The second-order valence-corrected chi connectivity index (χ2v) is 3.79. The number of carboxylic acids is 1. The lowest BCUT2D eigenvalue weighted by Gasteiger charge is -2.16. The number of benzene rings is 1. The van der Waals surface area contributed by atoms with Crippen molar-refractivity contribution in [3.8, 4) is 0 Å². The highest BCUT2D eigenvalue weighted by Crippen LogP contribution is 2.26. The van der Waals surface area contributed by atoms with Gasteiger partial charge in [0.15, 0.2) is 0 Å². The molecule has 0 bridgehead atoms. The first kappa shape index (κ1) is 13.8. The molecule has 0 spiro atoms. The van der Waals surface area contributed by atoms with Crippen molar-refractivity contribution in [3.05, 3.63) is 34.4 Å². The summed E-state index contributed by atoms with van der Waals surface area (Å²) in [5, 5.41) is 26.4. The lowest BCUT2D eigenvalue weighted by molar-refractivity contribution is -0.141. The summed E-state index contributed by atoms with van der Waals surface area (Å²) in [4.78, 5) is 10.3. The number of aliphatic carboxylic acids is 1. The normalized spacial score (nSPS) is 14.4. The highest BCUT2D eigenvalue weighted by Gasteiger charge is 2.23. The molecule has 7 heteroatoms. The average molecular weight is 267 g/mol. The van der Waals surface area contributed by atoms with Gasteiger partial charge in [-0.25, -0.2) is 8.78 Å². The van der Waals surface area contributed by atoms with E-state index in [1.54, 1.807) is 0 Å². The van der Waals surface area contributed by atoms with Crippen LogP contribution in [0.2, 0.25) is 5.02 Å². The highest BCUT2D eigenvalue weighted by atomic mass is 35.5. The molecule has 1 aromatic carbocycles. The third-order valence-corrected chi connectivity index (χ3v) is 2.46. The first-order valence-corrected chi connectivity index (χ1v) is 4.93. The van der Waals surface area contributed by atoms with E-state index in [0.29, 0.717) is 0 Å². The van der Waals surface area contributed by atoms with Gasteiger partial charge in [0.2, 0.25) is 0 Å². The van der Waals surface area contributed by atoms with Gasteiger partial charge in [-0.15, -0.1) is 0 Å². The van der Waals surface area contributed by atoms with Crippen molar-refractivity contribution in [2.75, 3.05) is 0 Å². The molecule has 2 unspecified atom stereocenters. The number of hydrogen-bond acceptors (Lipinski definition) is 3. The van der Waals surface area contributed by atoms with Crippen LogP contribution in [0, 0.1) is 11.6 Å². The van der Waals surface area contributed by atoms with Gasteiger partial charge in [-0.05, 0) is 17.7 Å². The largest absolute Gasteiger partial charge is 0.481 e. The smallest absolute Gasteiger partial charge is 0.306 e. The van der Waals surface area contributed by atoms with Crippen LogP contribution in [-0.2, 0) is 4.79 Å². The van der Waals surface area contributed by atoms with Gasteiger partial charge in [-0.1, -0.05) is 11.6 Å². The predicted octanol–water partition coefficient (Wildman–Crippen LogP) is 1.49. The number of carboxylic acid groups (broad SMARTS) is 1. The molecular weight excluding hydrogens is 258 g/mol. The molecule has 0 aromatic heterocycles. The van der Waals surface area contributed by atoms with E-state index in [9.17, 15) is 23.8 Å². The minimum absolute atomic E-state index is 0.279. The number of carbonyl (C=O) groups is 1. The summed E-state index contributed by atoms with van der Waals surface area (Å²) in [7, 11) is 0. The van der Waals surface area contributed by atoms with E-state index >= 15 is 0 Å². The molecule has 0 heterocycles. The van der Waals surface area contributed by atoms with E-state index in [-0.39, 0.29) is 5.56 Å². The van der Waals surface area contributed by atoms with Gasteiger partial charge in [0.05, 0.1) is 12.5 Å². The van der Waals surface area contributed by atoms with Crippen molar-refractivity contribution in [1.29, 1.82) is 0 Å². The molecule has 4 nitrogen and oxygen atoms in total. The van der Waals surface area contributed by atoms with E-state index in [4.69, 9.17) is 16.7 Å². The number of rotatable bonds is 4. The second-order valence-electron chi connectivity index (χ2n) is 3.41. The maximum Gasteiger partial charge on any atom is 0.306 e. The van der Waals surface area contributed by atoms with Crippen molar-refractivity contribution < 1.29 is 28.9 Å². The summed E-state index contributed by atoms with van der Waals surface area (Å²) in [6, 6.07) is 1.47. The van der Waals surface area contributed by atoms with Crippen molar-refractivity contribution in [2.24, 2.45) is 0 Å². The molecule has 0 aliphatic carbocycles. The molecule has 0 aliphatic rings. The Hall–Kier alpha value is -1.24. The summed E-state index contributed by atoms with van der Waals surface area (Å²) in [5.74, 6) is -3.53. The number of aliphatic hydroxyl groups is 2. The van der Waals surface area contributed by atoms with E-state index in [1.807, 2.05) is 0 Å². The van der Waals surface area contributed by atoms with Gasteiger partial charge in [-0.3, -0.25) is 4.79 Å². The Labute approximate surface area is 100 Å². The third kappa shape index (κ3) is 3.36. The third-order valence-electron chi connectivity index (χ3n) is 2.10. The molecular formula is C10H9ClF2O4. The summed E-state index contributed by atoms with van der Waals surface area (Å²) >= 11 is 5.23. The summed E-state index contributed by atoms with van der Waals surface area (Å²) in [5.41, 5.74) is -0.279. The average Bonchev–Trinajstić information content (AvgIpc) is 2.23. The molecule has 0 saturated heterocycles. The fourth-order valence-electron chi connectivity index (χ4n) is 1.26. The minimum atomic E-state index is -1.70. The first-order chi connectivity index (χ1) is 7.82. The zero-order valence-corrected chi connectivity index (χ0v) is 9.16. The van der Waals surface area contributed by atoms with E-state index in [1.165, 1.54) is 0 Å². The summed E-state index contributed by atoms with van der Waals surface area (Å²) in [6.07, 6.45) is -4.10. The van der Waals surface area contributed by atoms with Gasteiger partial charge >= 0.3 is 5.97 Å². The van der Waals surface area contributed by atoms with Gasteiger partial charge in [0.1, 0.15) is 22.8 Å². The molecule has 0 saturated carbocycles. The highest BCUT2D eigenvalue weighted by molar-refractivity contribution is 6.30. The Morgan fingerprint density at radius 2 is 1.76 bits per heavy atom. The number of hydrogen-bond donors (Lipinski definition) is 3. The first-order valence-electron chi connectivity index (χ1n) is 4.55. The molecule has 17 heavy (non-hydrogen) atoms. The molecule has 2 atom stereocenters. The van der Waals surface area contributed by atoms with Crippen LogP contribution in [0.25, 0.3) is 0 Å². The molecule has 3 N–H and O–H groups in total. The van der Waals surface area contributed by atoms with Crippen LogP contribution in [0.3, 0.4) is 0 Å². The van der Waals surface area contributed by atoms with Crippen LogP contribution in [0.5, 0.6) is 0 Å². The van der Waals surface area contributed by atoms with E-state index < -0.39 is 41.3 Å². The monoisotopic (exact) mass is 266 g/mol. The van der Waals surface area contributed by atoms with Crippen LogP contribution in [-0.4, -0.2) is 27.4 Å². The molecule has 0 fully saturated rings. The maximum atomic E-state index is 13.0. The Morgan fingerprint density at radius 3 is 2.18 bits per heavy atom. The van der Waals surface area contributed by atoms with Crippen LogP contribution in [0.4, 0.5) is 8.78 Å². The fraction of sp³-hybridized carbons (Fsp3) is 0.300. The summed E-state index contributed by atoms with van der Waals surface area (Å²) in [6.45, 7) is 0. The SMILES string of the molecule is O=C(O)CC(O)C(O)c1cc(F)c(Cl)c(F)c1. The standard InChI is InChI=1S/C10H9ClF2O4/c11-9-5(12)1-4(2-6(9)13)10(17)7(14)3-8(15)16/h1-2,7,10,14,17H,3H2,(H,15,16). The number of halogens is 3. The molecule has 0 radical (unpaired) electrons. The van der Waals surface area contributed by atoms with Crippen molar-refractivity contribution in [1.82, 2.24) is 0 Å². The molecule has 1 aromatic rings. The molecule has 0 aliphatic heterocycles. The van der Waals surface area contributed by atoms with E-state index in [2.05, 4.69) is 0 Å². The van der Waals surface area contributed by atoms with Crippen LogP contribution >= 0.6 is 11.6 Å². The Bertz CT molecular complexity index is 415. The van der Waals surface area contributed by atoms with Crippen LogP contribution < -0.4 is 0 Å². The number of aliphatic hydroxyl groups excluding tert-OH is 2. The second kappa shape index (κ2) is 5.39. The van der Waals surface area contributed by atoms with Crippen molar-refractivity contribution in [2.45, 2.75) is 18.6 Å². The van der Waals surface area contributed by atoms with Gasteiger partial charge < -0.3 is 15.3 Å². The zero-order chi connectivity index (χ0) is 13.2. The topological polar surface area (TPSA) is 77.8 Å². The molecule has 94 valence electrons. The van der Waals surface area contributed by atoms with Crippen molar-refractivity contribution >= 4 is 17.6 Å². The minimum Gasteiger partial charge on any atom is -0.481 e. The van der Waals surface area contributed by atoms with Crippen LogP contribution in [0.1, 0.15) is 18.1 Å². The zero-order valence-electron chi connectivity index (χ0n) is 8.40. The van der Waals surface area contributed by atoms with Gasteiger partial charge in [0.25, 0.3) is 0 Å². The van der Waals surface area contributed by atoms with Crippen LogP contribution in [0.15, 0.2) is 12.1 Å². The molecule has 1 rings (SSSR count). The Balaban J connectivity index is 2.96. The molecule has 0 amide bonds. The predicted molar refractivity (Wildman–Crippen MR) is 54.6 cm³/mol. The van der Waals surface area contributed by atoms with Gasteiger partial charge in [-0.2, -0.15) is 0 Å². The maximum absolute atomic E-state index is 13.0. The van der Waals surface area contributed by atoms with E-state index in [0.717, 1.165) is 12.1 Å². The quantitative estimate of drug-likeness (QED) is 0.722. The van der Waals surface area contributed by atoms with Gasteiger partial charge in [0, 0.05) is 0 Å². The lowest BCUT2D eigenvalue weighted by Crippen LogP contribution is -2.22. The lowest BCUT2D eigenvalue weighted by atomic mass is 10.0.